The minimum atomic E-state index is -0.441. The summed E-state index contributed by atoms with van der Waals surface area (Å²) in [6, 6.07) is 6.90. The highest BCUT2D eigenvalue weighted by Crippen LogP contribution is 2.25. The van der Waals surface area contributed by atoms with Gasteiger partial charge in [-0.25, -0.2) is 0 Å². The molecule has 3 N–H and O–H groups in total. The van der Waals surface area contributed by atoms with Crippen molar-refractivity contribution >= 4 is 17.5 Å². The number of nitrogens with one attached hydrogen (secondary N) is 1. The van der Waals surface area contributed by atoms with Crippen LogP contribution in [0.15, 0.2) is 18.2 Å². The Hall–Kier alpha value is -2.39. The Kier molecular flexibility index (Phi) is 4.01. The van der Waals surface area contributed by atoms with E-state index in [0.29, 0.717) is 24.2 Å². The highest BCUT2D eigenvalue weighted by Gasteiger charge is 2.33. The van der Waals surface area contributed by atoms with Gasteiger partial charge in [0, 0.05) is 6.54 Å². The molecule has 1 saturated heterocycles. The lowest BCUT2D eigenvalue weighted by molar-refractivity contribution is -0.132. The molecule has 20 heavy (non-hydrogen) atoms. The van der Waals surface area contributed by atoms with E-state index < -0.39 is 6.04 Å². The summed E-state index contributed by atoms with van der Waals surface area (Å²) >= 11 is 0. The fraction of sp³-hybridized carbons (Fsp3) is 0.357. The van der Waals surface area contributed by atoms with Gasteiger partial charge >= 0.3 is 0 Å². The highest BCUT2D eigenvalue weighted by molar-refractivity contribution is 6.04. The van der Waals surface area contributed by atoms with Gasteiger partial charge in [0.15, 0.2) is 0 Å². The second-order valence-electron chi connectivity index (χ2n) is 4.63. The van der Waals surface area contributed by atoms with E-state index in [-0.39, 0.29) is 18.4 Å². The molecule has 0 aliphatic carbocycles. The second-order valence-corrected chi connectivity index (χ2v) is 4.63. The van der Waals surface area contributed by atoms with Crippen LogP contribution in [0.5, 0.6) is 0 Å². The molecule has 1 atom stereocenters. The van der Waals surface area contributed by atoms with Crippen molar-refractivity contribution in [3.8, 4) is 6.07 Å². The molecule has 1 heterocycles. The number of benzene rings is 1. The first-order valence-corrected chi connectivity index (χ1v) is 6.44. The van der Waals surface area contributed by atoms with Crippen LogP contribution in [0.2, 0.25) is 0 Å². The summed E-state index contributed by atoms with van der Waals surface area (Å²) in [4.78, 5) is 25.1. The van der Waals surface area contributed by atoms with Crippen molar-refractivity contribution in [3.05, 3.63) is 29.3 Å². The highest BCUT2D eigenvalue weighted by atomic mass is 16.2. The first-order valence-electron chi connectivity index (χ1n) is 6.44. The molecule has 0 bridgehead atoms. The number of nitriles is 1. The Morgan fingerprint density at radius 3 is 2.85 bits per heavy atom. The van der Waals surface area contributed by atoms with Gasteiger partial charge in [0.05, 0.1) is 17.8 Å². The Morgan fingerprint density at radius 2 is 2.25 bits per heavy atom. The van der Waals surface area contributed by atoms with Gasteiger partial charge in [-0.05, 0) is 24.1 Å². The number of anilines is 1. The molecule has 0 spiro atoms. The molecular formula is C14H16N4O2. The minimum Gasteiger partial charge on any atom is -0.349 e. The minimum absolute atomic E-state index is 0.0703. The van der Waals surface area contributed by atoms with Gasteiger partial charge in [-0.15, -0.1) is 0 Å². The Balaban J connectivity index is 2.45. The summed E-state index contributed by atoms with van der Waals surface area (Å²) in [6.45, 7) is 2.28. The molecule has 2 amide bonds. The molecule has 6 heteroatoms. The number of amides is 2. The summed E-state index contributed by atoms with van der Waals surface area (Å²) < 4.78 is 0. The number of carbonyl (C=O) groups is 2. The van der Waals surface area contributed by atoms with E-state index >= 15 is 0 Å². The van der Waals surface area contributed by atoms with E-state index in [0.717, 1.165) is 5.56 Å². The third-order valence-corrected chi connectivity index (χ3v) is 3.37. The van der Waals surface area contributed by atoms with Crippen LogP contribution in [0.3, 0.4) is 0 Å². The first-order chi connectivity index (χ1) is 9.60. The molecule has 104 valence electrons. The van der Waals surface area contributed by atoms with Gasteiger partial charge in [-0.2, -0.15) is 5.26 Å². The standard InChI is InChI=1S/C14H16N4O2/c1-2-11-14(20)17-13(19)8-18(11)12-4-3-9(6-15)5-10(12)7-16/h3-5,11H,2,6,8,15H2,1H3,(H,17,19,20). The first kappa shape index (κ1) is 14.0. The van der Waals surface area contributed by atoms with Crippen molar-refractivity contribution in [2.75, 3.05) is 11.4 Å². The maximum absolute atomic E-state index is 11.9. The van der Waals surface area contributed by atoms with Crippen molar-refractivity contribution in [1.29, 1.82) is 5.26 Å². The van der Waals surface area contributed by atoms with Crippen molar-refractivity contribution in [2.45, 2.75) is 25.9 Å². The molecule has 0 saturated carbocycles. The average Bonchev–Trinajstić information content (AvgIpc) is 2.45. The molecule has 1 aromatic carbocycles. The van der Waals surface area contributed by atoms with Gasteiger partial charge in [0.25, 0.3) is 0 Å². The summed E-state index contributed by atoms with van der Waals surface area (Å²) in [7, 11) is 0. The number of carbonyl (C=O) groups excluding carboxylic acids is 2. The molecule has 1 aliphatic rings. The number of hydrogen-bond donors (Lipinski definition) is 2. The Labute approximate surface area is 117 Å². The smallest absolute Gasteiger partial charge is 0.249 e. The van der Waals surface area contributed by atoms with Crippen LogP contribution in [-0.2, 0) is 16.1 Å². The molecular weight excluding hydrogens is 256 g/mol. The third kappa shape index (κ3) is 2.49. The largest absolute Gasteiger partial charge is 0.349 e. The monoisotopic (exact) mass is 272 g/mol. The van der Waals surface area contributed by atoms with Crippen LogP contribution in [0.25, 0.3) is 0 Å². The van der Waals surface area contributed by atoms with Crippen LogP contribution in [0.1, 0.15) is 24.5 Å². The predicted molar refractivity (Wildman–Crippen MR) is 73.6 cm³/mol. The van der Waals surface area contributed by atoms with Crippen LogP contribution in [-0.4, -0.2) is 24.4 Å². The topological polar surface area (TPSA) is 99.2 Å². The lowest BCUT2D eigenvalue weighted by atomic mass is 10.0. The molecule has 0 radical (unpaired) electrons. The SMILES string of the molecule is CCC1C(=O)NC(=O)CN1c1ccc(CN)cc1C#N. The lowest BCUT2D eigenvalue weighted by Crippen LogP contribution is -2.58. The van der Waals surface area contributed by atoms with Crippen molar-refractivity contribution in [2.24, 2.45) is 5.73 Å². The van der Waals surface area contributed by atoms with E-state index in [4.69, 9.17) is 5.73 Å². The summed E-state index contributed by atoms with van der Waals surface area (Å²) in [5.74, 6) is -0.679. The van der Waals surface area contributed by atoms with E-state index in [1.54, 1.807) is 23.1 Å². The zero-order valence-electron chi connectivity index (χ0n) is 11.2. The van der Waals surface area contributed by atoms with Gasteiger partial charge in [-0.1, -0.05) is 13.0 Å². The summed E-state index contributed by atoms with van der Waals surface area (Å²) in [6.07, 6.45) is 0.558. The normalized spacial score (nSPS) is 18.6. The number of imide groups is 1. The average molecular weight is 272 g/mol. The fourth-order valence-corrected chi connectivity index (χ4v) is 2.38. The van der Waals surface area contributed by atoms with E-state index in [2.05, 4.69) is 11.4 Å². The Morgan fingerprint density at radius 1 is 1.50 bits per heavy atom. The Bertz CT molecular complexity index is 591. The molecule has 1 aliphatic heterocycles. The van der Waals surface area contributed by atoms with Gasteiger partial charge in [0.2, 0.25) is 11.8 Å². The zero-order valence-corrected chi connectivity index (χ0v) is 11.2. The van der Waals surface area contributed by atoms with Crippen LogP contribution in [0, 0.1) is 11.3 Å². The lowest BCUT2D eigenvalue weighted by Gasteiger charge is -2.35. The molecule has 0 aromatic heterocycles. The predicted octanol–water partition coefficient (Wildman–Crippen LogP) is 0.258. The number of nitrogens with two attached hydrogens (primary N) is 1. The molecule has 1 fully saturated rings. The summed E-state index contributed by atoms with van der Waals surface area (Å²) in [5, 5.41) is 11.6. The molecule has 1 aromatic rings. The van der Waals surface area contributed by atoms with E-state index in [1.807, 2.05) is 6.92 Å². The number of rotatable bonds is 3. The number of piperazine rings is 1. The zero-order chi connectivity index (χ0) is 14.7. The number of nitrogens with zero attached hydrogens (tertiary/aromatic N) is 2. The number of hydrogen-bond acceptors (Lipinski definition) is 5. The molecule has 6 nitrogen and oxygen atoms in total. The molecule has 2 rings (SSSR count). The second kappa shape index (κ2) is 5.72. The van der Waals surface area contributed by atoms with Gasteiger partial charge in [0.1, 0.15) is 12.1 Å². The van der Waals surface area contributed by atoms with Crippen molar-refractivity contribution in [3.63, 3.8) is 0 Å². The van der Waals surface area contributed by atoms with E-state index in [9.17, 15) is 14.9 Å². The fourth-order valence-electron chi connectivity index (χ4n) is 2.38. The maximum Gasteiger partial charge on any atom is 0.249 e. The summed E-state index contributed by atoms with van der Waals surface area (Å²) in [5.41, 5.74) is 7.42. The van der Waals surface area contributed by atoms with E-state index in [1.165, 1.54) is 0 Å². The van der Waals surface area contributed by atoms with Gasteiger partial charge in [-0.3, -0.25) is 14.9 Å². The van der Waals surface area contributed by atoms with Crippen LogP contribution >= 0.6 is 0 Å². The van der Waals surface area contributed by atoms with Crippen LogP contribution in [0.4, 0.5) is 5.69 Å². The maximum atomic E-state index is 11.9. The third-order valence-electron chi connectivity index (χ3n) is 3.37. The van der Waals surface area contributed by atoms with Crippen molar-refractivity contribution in [1.82, 2.24) is 5.32 Å². The quantitative estimate of drug-likeness (QED) is 0.769. The van der Waals surface area contributed by atoms with Crippen LogP contribution < -0.4 is 16.0 Å². The van der Waals surface area contributed by atoms with Crippen molar-refractivity contribution < 1.29 is 9.59 Å². The molecule has 1 unspecified atom stereocenters. The van der Waals surface area contributed by atoms with Gasteiger partial charge < -0.3 is 10.6 Å².